The van der Waals surface area contributed by atoms with Crippen molar-refractivity contribution in [3.8, 4) is 5.75 Å². The third-order valence-corrected chi connectivity index (χ3v) is 4.38. The third kappa shape index (κ3) is 3.92. The average molecular weight is 343 g/mol. The van der Waals surface area contributed by atoms with Crippen LogP contribution >= 0.6 is 0 Å². The molecule has 1 aromatic rings. The Kier molecular flexibility index (Phi) is 4.58. The van der Waals surface area contributed by atoms with Crippen LogP contribution in [-0.2, 0) is 6.42 Å². The van der Waals surface area contributed by atoms with Crippen molar-refractivity contribution in [1.29, 1.82) is 0 Å². The second kappa shape index (κ2) is 6.51. The SMILES string of the molecule is C[C@H]1CN(C(=O)Nc2ccc3c(c2)CCO3)CCN1CC(F)(F)F. The summed E-state index contributed by atoms with van der Waals surface area (Å²) in [6.07, 6.45) is -3.41. The molecule has 1 saturated heterocycles. The van der Waals surface area contributed by atoms with Crippen molar-refractivity contribution in [3.63, 3.8) is 0 Å². The zero-order valence-corrected chi connectivity index (χ0v) is 13.4. The Morgan fingerprint density at radius 2 is 2.17 bits per heavy atom. The van der Waals surface area contributed by atoms with Gasteiger partial charge >= 0.3 is 12.2 Å². The zero-order chi connectivity index (χ0) is 17.3. The predicted octanol–water partition coefficient (Wildman–Crippen LogP) is 2.72. The minimum Gasteiger partial charge on any atom is -0.493 e. The number of alkyl halides is 3. The summed E-state index contributed by atoms with van der Waals surface area (Å²) < 4.78 is 43.0. The number of rotatable bonds is 2. The zero-order valence-electron chi connectivity index (χ0n) is 13.4. The summed E-state index contributed by atoms with van der Waals surface area (Å²) in [5.41, 5.74) is 1.73. The van der Waals surface area contributed by atoms with Crippen LogP contribution in [0.25, 0.3) is 0 Å². The Morgan fingerprint density at radius 3 is 2.88 bits per heavy atom. The van der Waals surface area contributed by atoms with Crippen LogP contribution in [0, 0.1) is 0 Å². The highest BCUT2D eigenvalue weighted by atomic mass is 19.4. The van der Waals surface area contributed by atoms with E-state index in [1.165, 1.54) is 4.90 Å². The molecule has 2 heterocycles. The number of piperazine rings is 1. The normalized spacial score (nSPS) is 21.3. The highest BCUT2D eigenvalue weighted by Crippen LogP contribution is 2.28. The molecular weight excluding hydrogens is 323 g/mol. The number of fused-ring (bicyclic) bond motifs is 1. The van der Waals surface area contributed by atoms with E-state index in [1.54, 1.807) is 17.9 Å². The minimum absolute atomic E-state index is 0.214. The fourth-order valence-electron chi connectivity index (χ4n) is 3.11. The van der Waals surface area contributed by atoms with E-state index in [2.05, 4.69) is 5.32 Å². The summed E-state index contributed by atoms with van der Waals surface area (Å²) in [4.78, 5) is 15.3. The van der Waals surface area contributed by atoms with Crippen LogP contribution in [0.2, 0.25) is 0 Å². The molecule has 1 atom stereocenters. The first kappa shape index (κ1) is 16.9. The number of hydrogen-bond acceptors (Lipinski definition) is 3. The molecule has 1 fully saturated rings. The largest absolute Gasteiger partial charge is 0.493 e. The second-order valence-electron chi connectivity index (χ2n) is 6.23. The Labute approximate surface area is 138 Å². The summed E-state index contributed by atoms with van der Waals surface area (Å²) in [6, 6.07) is 4.85. The number of carbonyl (C=O) groups is 1. The molecule has 0 radical (unpaired) electrons. The Bertz CT molecular complexity index is 621. The number of carbonyl (C=O) groups excluding carboxylic acids is 1. The number of benzene rings is 1. The predicted molar refractivity (Wildman–Crippen MR) is 83.3 cm³/mol. The lowest BCUT2D eigenvalue weighted by Gasteiger charge is -2.39. The van der Waals surface area contributed by atoms with Crippen molar-refractivity contribution in [1.82, 2.24) is 9.80 Å². The van der Waals surface area contributed by atoms with Gasteiger partial charge in [-0.05, 0) is 30.7 Å². The van der Waals surface area contributed by atoms with Crippen molar-refractivity contribution in [2.45, 2.75) is 25.6 Å². The number of urea groups is 1. The molecule has 132 valence electrons. The molecule has 0 aliphatic carbocycles. The highest BCUT2D eigenvalue weighted by molar-refractivity contribution is 5.89. The lowest BCUT2D eigenvalue weighted by atomic mass is 10.1. The van der Waals surface area contributed by atoms with Crippen molar-refractivity contribution in [3.05, 3.63) is 23.8 Å². The van der Waals surface area contributed by atoms with Gasteiger partial charge in [-0.3, -0.25) is 4.90 Å². The van der Waals surface area contributed by atoms with Crippen molar-refractivity contribution in [2.24, 2.45) is 0 Å². The quantitative estimate of drug-likeness (QED) is 0.898. The van der Waals surface area contributed by atoms with Crippen molar-refractivity contribution < 1.29 is 22.7 Å². The smallest absolute Gasteiger partial charge is 0.401 e. The van der Waals surface area contributed by atoms with E-state index < -0.39 is 12.7 Å². The maximum absolute atomic E-state index is 12.5. The van der Waals surface area contributed by atoms with Crippen molar-refractivity contribution in [2.75, 3.05) is 38.1 Å². The molecular formula is C16H20F3N3O2. The molecule has 3 rings (SSSR count). The van der Waals surface area contributed by atoms with E-state index in [4.69, 9.17) is 4.74 Å². The van der Waals surface area contributed by atoms with E-state index in [0.29, 0.717) is 12.3 Å². The van der Waals surface area contributed by atoms with Gasteiger partial charge in [-0.1, -0.05) is 0 Å². The van der Waals surface area contributed by atoms with Crippen LogP contribution in [-0.4, -0.2) is 60.8 Å². The fraction of sp³-hybridized carbons (Fsp3) is 0.562. The number of anilines is 1. The molecule has 2 amide bonds. The molecule has 2 aliphatic rings. The summed E-state index contributed by atoms with van der Waals surface area (Å²) in [6.45, 7) is 2.18. The number of ether oxygens (including phenoxy) is 1. The maximum atomic E-state index is 12.5. The highest BCUT2D eigenvalue weighted by Gasteiger charge is 2.36. The number of nitrogens with one attached hydrogen (secondary N) is 1. The molecule has 0 spiro atoms. The van der Waals surface area contributed by atoms with Crippen LogP contribution in [0.5, 0.6) is 5.75 Å². The first-order valence-corrected chi connectivity index (χ1v) is 7.94. The van der Waals surface area contributed by atoms with E-state index in [9.17, 15) is 18.0 Å². The molecule has 8 heteroatoms. The molecule has 24 heavy (non-hydrogen) atoms. The second-order valence-corrected chi connectivity index (χ2v) is 6.23. The standard InChI is InChI=1S/C16H20F3N3O2/c1-11-9-21(5-6-22(11)10-16(17,18)19)15(23)20-13-2-3-14-12(8-13)4-7-24-14/h2-3,8,11H,4-7,9-10H2,1H3,(H,20,23)/t11-/m0/s1. The van der Waals surface area contributed by atoms with Gasteiger partial charge in [-0.2, -0.15) is 13.2 Å². The van der Waals surface area contributed by atoms with E-state index in [-0.39, 0.29) is 31.7 Å². The van der Waals surface area contributed by atoms with Gasteiger partial charge in [0.2, 0.25) is 0 Å². The number of hydrogen-bond donors (Lipinski definition) is 1. The van der Waals surface area contributed by atoms with Gasteiger partial charge in [0.15, 0.2) is 0 Å². The van der Waals surface area contributed by atoms with Gasteiger partial charge in [0.25, 0.3) is 0 Å². The lowest BCUT2D eigenvalue weighted by molar-refractivity contribution is -0.153. The lowest BCUT2D eigenvalue weighted by Crippen LogP contribution is -2.56. The molecule has 1 N–H and O–H groups in total. The van der Waals surface area contributed by atoms with Gasteiger partial charge in [0.1, 0.15) is 5.75 Å². The van der Waals surface area contributed by atoms with Crippen LogP contribution in [0.3, 0.4) is 0 Å². The van der Waals surface area contributed by atoms with Crippen LogP contribution in [0.15, 0.2) is 18.2 Å². The van der Waals surface area contributed by atoms with Crippen LogP contribution < -0.4 is 10.1 Å². The van der Waals surface area contributed by atoms with Gasteiger partial charge in [-0.15, -0.1) is 0 Å². The monoisotopic (exact) mass is 343 g/mol. The Hall–Kier alpha value is -1.96. The van der Waals surface area contributed by atoms with Crippen LogP contribution in [0.4, 0.5) is 23.7 Å². The first-order valence-electron chi connectivity index (χ1n) is 7.94. The minimum atomic E-state index is -4.22. The summed E-state index contributed by atoms with van der Waals surface area (Å²) >= 11 is 0. The van der Waals surface area contributed by atoms with Crippen molar-refractivity contribution >= 4 is 11.7 Å². The van der Waals surface area contributed by atoms with Crippen LogP contribution in [0.1, 0.15) is 12.5 Å². The molecule has 0 saturated carbocycles. The van der Waals surface area contributed by atoms with E-state index >= 15 is 0 Å². The number of nitrogens with zero attached hydrogens (tertiary/aromatic N) is 2. The summed E-state index contributed by atoms with van der Waals surface area (Å²) in [5, 5.41) is 2.82. The maximum Gasteiger partial charge on any atom is 0.401 e. The average Bonchev–Trinajstić information content (AvgIpc) is 2.95. The molecule has 0 aromatic heterocycles. The number of halogens is 3. The first-order chi connectivity index (χ1) is 11.3. The third-order valence-electron chi connectivity index (χ3n) is 4.38. The fourth-order valence-corrected chi connectivity index (χ4v) is 3.11. The molecule has 1 aromatic carbocycles. The summed E-state index contributed by atoms with van der Waals surface area (Å²) in [7, 11) is 0. The molecule has 5 nitrogen and oxygen atoms in total. The Morgan fingerprint density at radius 1 is 1.38 bits per heavy atom. The topological polar surface area (TPSA) is 44.8 Å². The molecule has 2 aliphatic heterocycles. The van der Waals surface area contributed by atoms with Gasteiger partial charge < -0.3 is 15.0 Å². The molecule has 0 bridgehead atoms. The van der Waals surface area contributed by atoms with E-state index in [0.717, 1.165) is 17.7 Å². The summed E-state index contributed by atoms with van der Waals surface area (Å²) in [5.74, 6) is 0.836. The molecule has 0 unspecified atom stereocenters. The number of amides is 2. The van der Waals surface area contributed by atoms with Gasteiger partial charge in [0, 0.05) is 37.8 Å². The van der Waals surface area contributed by atoms with E-state index in [1.807, 2.05) is 12.1 Å². The van der Waals surface area contributed by atoms with Gasteiger partial charge in [-0.25, -0.2) is 4.79 Å². The Balaban J connectivity index is 1.57. The van der Waals surface area contributed by atoms with Gasteiger partial charge in [0.05, 0.1) is 13.2 Å².